The minimum Gasteiger partial charge on any atom is -0.368 e. The van der Waals surface area contributed by atoms with Crippen LogP contribution in [-0.2, 0) is 0 Å². The van der Waals surface area contributed by atoms with E-state index >= 15 is 0 Å². The molecule has 0 aliphatic carbocycles. The third kappa shape index (κ3) is 3.09. The van der Waals surface area contributed by atoms with Crippen LogP contribution in [0.1, 0.15) is 19.7 Å². The molecule has 1 rings (SSSR count). The molecule has 5 heteroatoms. The van der Waals surface area contributed by atoms with E-state index in [0.29, 0.717) is 17.7 Å². The maximum atomic E-state index is 8.75. The lowest BCUT2D eigenvalue weighted by Crippen LogP contribution is -2.15. The SMILES string of the molecule is Cc1nc(NC(C)C)cc(N(C)C#N)n1. The van der Waals surface area contributed by atoms with Crippen LogP contribution >= 0.6 is 0 Å². The molecule has 1 aromatic rings. The second kappa shape index (κ2) is 4.60. The predicted molar refractivity (Wildman–Crippen MR) is 59.5 cm³/mol. The van der Waals surface area contributed by atoms with E-state index in [2.05, 4.69) is 15.3 Å². The summed E-state index contributed by atoms with van der Waals surface area (Å²) in [6, 6.07) is 2.07. The summed E-state index contributed by atoms with van der Waals surface area (Å²) in [5.41, 5.74) is 0. The summed E-state index contributed by atoms with van der Waals surface area (Å²) in [7, 11) is 1.67. The number of hydrogen-bond donors (Lipinski definition) is 1. The average molecular weight is 205 g/mol. The third-order valence-corrected chi connectivity index (χ3v) is 1.75. The van der Waals surface area contributed by atoms with Gasteiger partial charge in [0, 0.05) is 19.2 Å². The number of nitrogens with one attached hydrogen (secondary N) is 1. The molecule has 0 saturated heterocycles. The standard InChI is InChI=1S/C10H15N5/c1-7(2)12-9-5-10(15(4)6-11)14-8(3)13-9/h5,7H,1-4H3,(H,12,13,14). The van der Waals surface area contributed by atoms with Crippen LogP contribution in [0.3, 0.4) is 0 Å². The minimum absolute atomic E-state index is 0.305. The van der Waals surface area contributed by atoms with Crippen LogP contribution in [0.4, 0.5) is 11.6 Å². The summed E-state index contributed by atoms with van der Waals surface area (Å²) < 4.78 is 0. The summed E-state index contributed by atoms with van der Waals surface area (Å²) in [5, 5.41) is 11.9. The Morgan fingerprint density at radius 2 is 2.13 bits per heavy atom. The molecule has 0 atom stereocenters. The number of anilines is 2. The molecule has 0 radical (unpaired) electrons. The molecule has 0 bridgehead atoms. The third-order valence-electron chi connectivity index (χ3n) is 1.75. The molecular weight excluding hydrogens is 190 g/mol. The number of aryl methyl sites for hydroxylation is 1. The lowest BCUT2D eigenvalue weighted by atomic mass is 10.4. The summed E-state index contributed by atoms with van der Waals surface area (Å²) >= 11 is 0. The molecule has 80 valence electrons. The molecule has 1 aromatic heterocycles. The molecule has 0 saturated carbocycles. The van der Waals surface area contributed by atoms with Crippen molar-refractivity contribution in [3.63, 3.8) is 0 Å². The minimum atomic E-state index is 0.305. The van der Waals surface area contributed by atoms with Crippen LogP contribution in [0.15, 0.2) is 6.07 Å². The van der Waals surface area contributed by atoms with E-state index in [9.17, 15) is 0 Å². The van der Waals surface area contributed by atoms with Crippen LogP contribution < -0.4 is 10.2 Å². The van der Waals surface area contributed by atoms with Crippen LogP contribution in [0.2, 0.25) is 0 Å². The summed E-state index contributed by atoms with van der Waals surface area (Å²) in [4.78, 5) is 9.80. The largest absolute Gasteiger partial charge is 0.368 e. The zero-order chi connectivity index (χ0) is 11.4. The Balaban J connectivity index is 3.01. The van der Waals surface area contributed by atoms with E-state index < -0.39 is 0 Å². The Kier molecular flexibility index (Phi) is 3.45. The van der Waals surface area contributed by atoms with Crippen LogP contribution in [0.5, 0.6) is 0 Å². The number of nitriles is 1. The monoisotopic (exact) mass is 205 g/mol. The van der Waals surface area contributed by atoms with Gasteiger partial charge in [0.05, 0.1) is 0 Å². The highest BCUT2D eigenvalue weighted by atomic mass is 15.2. The zero-order valence-electron chi connectivity index (χ0n) is 9.44. The molecule has 1 N–H and O–H groups in total. The molecule has 5 nitrogen and oxygen atoms in total. The van der Waals surface area contributed by atoms with Crippen molar-refractivity contribution in [1.82, 2.24) is 9.97 Å². The van der Waals surface area contributed by atoms with E-state index in [1.807, 2.05) is 20.0 Å². The van der Waals surface area contributed by atoms with Gasteiger partial charge < -0.3 is 5.32 Å². The fourth-order valence-corrected chi connectivity index (χ4v) is 1.14. The Hall–Kier alpha value is -1.83. The Labute approximate surface area is 89.8 Å². The number of nitrogens with zero attached hydrogens (tertiary/aromatic N) is 4. The van der Waals surface area contributed by atoms with Gasteiger partial charge in [-0.05, 0) is 20.8 Å². The number of aromatic nitrogens is 2. The predicted octanol–water partition coefficient (Wildman–Crippen LogP) is 1.52. The lowest BCUT2D eigenvalue weighted by molar-refractivity contribution is 0.879. The molecule has 0 fully saturated rings. The van der Waals surface area contributed by atoms with Gasteiger partial charge in [0.1, 0.15) is 17.5 Å². The Morgan fingerprint density at radius 3 is 2.67 bits per heavy atom. The quantitative estimate of drug-likeness (QED) is 0.598. The van der Waals surface area contributed by atoms with Crippen molar-refractivity contribution in [2.75, 3.05) is 17.3 Å². The second-order valence-corrected chi connectivity index (χ2v) is 3.62. The van der Waals surface area contributed by atoms with Gasteiger partial charge in [-0.2, -0.15) is 5.26 Å². The van der Waals surface area contributed by atoms with Gasteiger partial charge in [0.15, 0.2) is 6.19 Å². The molecular formula is C10H15N5. The van der Waals surface area contributed by atoms with Crippen LogP contribution in [0, 0.1) is 18.4 Å². The molecule has 0 spiro atoms. The average Bonchev–Trinajstić information content (AvgIpc) is 2.14. The van der Waals surface area contributed by atoms with E-state index in [4.69, 9.17) is 5.26 Å². The van der Waals surface area contributed by atoms with Gasteiger partial charge in [-0.3, -0.25) is 4.90 Å². The Bertz CT molecular complexity index is 380. The van der Waals surface area contributed by atoms with Crippen molar-refractivity contribution in [2.45, 2.75) is 26.8 Å². The van der Waals surface area contributed by atoms with Gasteiger partial charge in [0.2, 0.25) is 0 Å². The molecule has 0 aliphatic heterocycles. The van der Waals surface area contributed by atoms with Crippen molar-refractivity contribution in [2.24, 2.45) is 0 Å². The topological polar surface area (TPSA) is 64.8 Å². The summed E-state index contributed by atoms with van der Waals surface area (Å²) in [6.07, 6.45) is 2.00. The van der Waals surface area contributed by atoms with Crippen molar-refractivity contribution in [3.05, 3.63) is 11.9 Å². The second-order valence-electron chi connectivity index (χ2n) is 3.62. The normalized spacial score (nSPS) is 9.87. The summed E-state index contributed by atoms with van der Waals surface area (Å²) in [6.45, 7) is 5.87. The van der Waals surface area contributed by atoms with Crippen molar-refractivity contribution in [1.29, 1.82) is 5.26 Å². The van der Waals surface area contributed by atoms with E-state index in [1.54, 1.807) is 20.0 Å². The first kappa shape index (κ1) is 11.2. The van der Waals surface area contributed by atoms with Gasteiger partial charge in [-0.15, -0.1) is 0 Å². The maximum Gasteiger partial charge on any atom is 0.185 e. The highest BCUT2D eigenvalue weighted by Crippen LogP contribution is 2.14. The van der Waals surface area contributed by atoms with E-state index in [-0.39, 0.29) is 0 Å². The number of hydrogen-bond acceptors (Lipinski definition) is 5. The fourth-order valence-electron chi connectivity index (χ4n) is 1.14. The first-order valence-electron chi connectivity index (χ1n) is 4.78. The van der Waals surface area contributed by atoms with E-state index in [0.717, 1.165) is 5.82 Å². The fraction of sp³-hybridized carbons (Fsp3) is 0.500. The van der Waals surface area contributed by atoms with Gasteiger partial charge in [-0.1, -0.05) is 0 Å². The molecule has 15 heavy (non-hydrogen) atoms. The van der Waals surface area contributed by atoms with Gasteiger partial charge in [0.25, 0.3) is 0 Å². The van der Waals surface area contributed by atoms with Crippen molar-refractivity contribution >= 4 is 11.6 Å². The van der Waals surface area contributed by atoms with E-state index in [1.165, 1.54) is 4.90 Å². The van der Waals surface area contributed by atoms with Crippen LogP contribution in [0.25, 0.3) is 0 Å². The molecule has 0 aromatic carbocycles. The van der Waals surface area contributed by atoms with Gasteiger partial charge in [-0.25, -0.2) is 9.97 Å². The van der Waals surface area contributed by atoms with Gasteiger partial charge >= 0.3 is 0 Å². The first-order valence-corrected chi connectivity index (χ1v) is 4.78. The smallest absolute Gasteiger partial charge is 0.185 e. The van der Waals surface area contributed by atoms with Crippen molar-refractivity contribution in [3.8, 4) is 6.19 Å². The summed E-state index contributed by atoms with van der Waals surface area (Å²) in [5.74, 6) is 2.00. The molecule has 0 amide bonds. The maximum absolute atomic E-state index is 8.75. The van der Waals surface area contributed by atoms with Crippen LogP contribution in [-0.4, -0.2) is 23.1 Å². The highest BCUT2D eigenvalue weighted by molar-refractivity contribution is 5.51. The highest BCUT2D eigenvalue weighted by Gasteiger charge is 2.06. The lowest BCUT2D eigenvalue weighted by Gasteiger charge is -2.13. The Morgan fingerprint density at radius 1 is 1.47 bits per heavy atom. The molecule has 1 heterocycles. The first-order chi connectivity index (χ1) is 7.02. The number of rotatable bonds is 3. The zero-order valence-corrected chi connectivity index (χ0v) is 9.44. The molecule has 0 aliphatic rings. The van der Waals surface area contributed by atoms with Crippen molar-refractivity contribution < 1.29 is 0 Å². The molecule has 0 unspecified atom stereocenters.